The molecule has 2 N–H and O–H groups in total. The van der Waals surface area contributed by atoms with E-state index in [1.54, 1.807) is 18.2 Å². The lowest BCUT2D eigenvalue weighted by Gasteiger charge is -2.24. The number of anilines is 1. The van der Waals surface area contributed by atoms with Crippen LogP contribution in [0.4, 0.5) is 10.5 Å². The van der Waals surface area contributed by atoms with Crippen LogP contribution in [0.15, 0.2) is 36.4 Å². The molecule has 168 valence electrons. The topological polar surface area (TPSA) is 98.4 Å². The first kappa shape index (κ1) is 20.4. The Kier molecular flexibility index (Phi) is 5.72. The zero-order valence-electron chi connectivity index (χ0n) is 17.6. The van der Waals surface area contributed by atoms with E-state index in [1.165, 1.54) is 0 Å². The van der Waals surface area contributed by atoms with Crippen LogP contribution in [0.3, 0.4) is 0 Å². The first-order valence-electron chi connectivity index (χ1n) is 10.8. The van der Waals surface area contributed by atoms with E-state index in [1.807, 2.05) is 18.2 Å². The highest BCUT2D eigenvalue weighted by molar-refractivity contribution is 6.01. The molecule has 1 fully saturated rings. The van der Waals surface area contributed by atoms with E-state index >= 15 is 0 Å². The van der Waals surface area contributed by atoms with Crippen LogP contribution in [-0.4, -0.2) is 49.9 Å². The number of hydrogen-bond acceptors (Lipinski definition) is 7. The predicted octanol–water partition coefficient (Wildman–Crippen LogP) is 3.06. The third-order valence-electron chi connectivity index (χ3n) is 5.75. The molecule has 0 aliphatic carbocycles. The summed E-state index contributed by atoms with van der Waals surface area (Å²) in [6, 6.07) is 10.5. The van der Waals surface area contributed by atoms with E-state index in [9.17, 15) is 9.59 Å². The minimum absolute atomic E-state index is 0.0924. The van der Waals surface area contributed by atoms with Crippen LogP contribution in [0.1, 0.15) is 30.9 Å². The number of carbonyl (C=O) groups excluding carboxylic acids is 2. The van der Waals surface area contributed by atoms with Crippen LogP contribution in [0.25, 0.3) is 0 Å². The summed E-state index contributed by atoms with van der Waals surface area (Å²) in [6.07, 6.45) is 2.78. The van der Waals surface area contributed by atoms with Crippen molar-refractivity contribution in [1.82, 2.24) is 10.2 Å². The number of hydrogen-bond donors (Lipinski definition) is 2. The molecule has 5 rings (SSSR count). The van der Waals surface area contributed by atoms with Crippen molar-refractivity contribution in [3.63, 3.8) is 0 Å². The Balaban J connectivity index is 1.18. The fourth-order valence-corrected chi connectivity index (χ4v) is 4.27. The third kappa shape index (κ3) is 4.43. The van der Waals surface area contributed by atoms with Gasteiger partial charge >= 0.3 is 6.03 Å². The maximum Gasteiger partial charge on any atom is 0.325 e. The predicted molar refractivity (Wildman–Crippen MR) is 115 cm³/mol. The molecule has 0 bridgehead atoms. The fraction of sp³-hybridized carbons (Fsp3) is 0.391. The first-order chi connectivity index (χ1) is 15.7. The van der Waals surface area contributed by atoms with E-state index in [4.69, 9.17) is 18.9 Å². The molecule has 3 heterocycles. The Morgan fingerprint density at radius 1 is 0.906 bits per heavy atom. The van der Waals surface area contributed by atoms with Crippen LogP contribution in [0, 0.1) is 0 Å². The number of nitrogens with one attached hydrogen (secondary N) is 2. The largest absolute Gasteiger partial charge is 0.490 e. The molecule has 3 amide bonds. The molecule has 0 aromatic heterocycles. The van der Waals surface area contributed by atoms with Crippen molar-refractivity contribution in [1.29, 1.82) is 0 Å². The molecule has 0 spiro atoms. The van der Waals surface area contributed by atoms with E-state index in [0.717, 1.165) is 42.9 Å². The van der Waals surface area contributed by atoms with E-state index in [2.05, 4.69) is 15.5 Å². The third-order valence-corrected chi connectivity index (χ3v) is 5.75. The van der Waals surface area contributed by atoms with Crippen molar-refractivity contribution in [3.8, 4) is 23.0 Å². The summed E-state index contributed by atoms with van der Waals surface area (Å²) in [7, 11) is 0. The van der Waals surface area contributed by atoms with Crippen molar-refractivity contribution >= 4 is 17.6 Å². The van der Waals surface area contributed by atoms with Crippen LogP contribution >= 0.6 is 0 Å². The van der Waals surface area contributed by atoms with Gasteiger partial charge in [0.15, 0.2) is 23.0 Å². The van der Waals surface area contributed by atoms with Gasteiger partial charge in [0.1, 0.15) is 0 Å². The van der Waals surface area contributed by atoms with Crippen molar-refractivity contribution in [3.05, 3.63) is 42.0 Å². The molecule has 3 aliphatic rings. The standard InChI is InChI=1S/C23H25N3O6/c27-22(25-23(28)24-16-5-7-19-21(12-16)32-14-31-19)13-26-8-1-3-17(26)15-4-6-18-20(11-15)30-10-2-9-29-18/h4-7,11-12,17H,1-3,8-10,13-14H2,(H2,24,25,27,28)/t17-/m1/s1. The van der Waals surface area contributed by atoms with E-state index in [-0.39, 0.29) is 25.3 Å². The van der Waals surface area contributed by atoms with Crippen LogP contribution in [0.2, 0.25) is 0 Å². The number of ether oxygens (including phenoxy) is 4. The highest BCUT2D eigenvalue weighted by atomic mass is 16.7. The Labute approximate surface area is 185 Å². The summed E-state index contributed by atoms with van der Waals surface area (Å²) in [5.41, 5.74) is 1.61. The number of benzene rings is 2. The summed E-state index contributed by atoms with van der Waals surface area (Å²) in [6.45, 7) is 2.36. The minimum Gasteiger partial charge on any atom is -0.490 e. The number of rotatable bonds is 4. The number of likely N-dealkylation sites (tertiary alicyclic amines) is 1. The number of carbonyl (C=O) groups is 2. The molecule has 1 saturated heterocycles. The van der Waals surface area contributed by atoms with Gasteiger partial charge in [-0.05, 0) is 49.2 Å². The van der Waals surface area contributed by atoms with Gasteiger partial charge in [-0.15, -0.1) is 0 Å². The van der Waals surface area contributed by atoms with Crippen molar-refractivity contribution in [2.75, 3.05) is 38.4 Å². The SMILES string of the molecule is O=C(CN1CCC[C@@H]1c1ccc2c(c1)OCCCO2)NC(=O)Nc1ccc2c(c1)OCO2. The molecule has 0 saturated carbocycles. The summed E-state index contributed by atoms with van der Waals surface area (Å²) < 4.78 is 22.1. The Morgan fingerprint density at radius 3 is 2.56 bits per heavy atom. The van der Waals surface area contributed by atoms with Gasteiger partial charge in [0.2, 0.25) is 12.7 Å². The average molecular weight is 439 g/mol. The zero-order valence-corrected chi connectivity index (χ0v) is 17.6. The van der Waals surface area contributed by atoms with Crippen molar-refractivity contribution in [2.24, 2.45) is 0 Å². The van der Waals surface area contributed by atoms with Crippen molar-refractivity contribution in [2.45, 2.75) is 25.3 Å². The second kappa shape index (κ2) is 8.96. The fourth-order valence-electron chi connectivity index (χ4n) is 4.27. The molecule has 0 radical (unpaired) electrons. The number of nitrogens with zero attached hydrogens (tertiary/aromatic N) is 1. The van der Waals surface area contributed by atoms with Crippen molar-refractivity contribution < 1.29 is 28.5 Å². The lowest BCUT2D eigenvalue weighted by molar-refractivity contribution is -0.121. The van der Waals surface area contributed by atoms with Crippen LogP contribution in [0.5, 0.6) is 23.0 Å². The number of imide groups is 1. The van der Waals surface area contributed by atoms with Gasteiger partial charge in [-0.25, -0.2) is 4.79 Å². The summed E-state index contributed by atoms with van der Waals surface area (Å²) in [5, 5.41) is 5.06. The molecule has 0 unspecified atom stereocenters. The molecular formula is C23H25N3O6. The summed E-state index contributed by atoms with van der Waals surface area (Å²) >= 11 is 0. The average Bonchev–Trinajstić information content (AvgIpc) is 3.36. The molecule has 9 heteroatoms. The molecule has 32 heavy (non-hydrogen) atoms. The zero-order chi connectivity index (χ0) is 21.9. The second-order valence-corrected chi connectivity index (χ2v) is 7.96. The smallest absolute Gasteiger partial charge is 0.325 e. The molecule has 2 aromatic carbocycles. The van der Waals surface area contributed by atoms with Crippen LogP contribution in [-0.2, 0) is 4.79 Å². The minimum atomic E-state index is -0.583. The molecule has 2 aromatic rings. The van der Waals surface area contributed by atoms with Gasteiger partial charge in [0, 0.05) is 24.2 Å². The maximum atomic E-state index is 12.5. The van der Waals surface area contributed by atoms with Gasteiger partial charge in [0.05, 0.1) is 19.8 Å². The highest BCUT2D eigenvalue weighted by Crippen LogP contribution is 2.38. The summed E-state index contributed by atoms with van der Waals surface area (Å²) in [5.74, 6) is 2.34. The number of urea groups is 1. The Bertz CT molecular complexity index is 1030. The summed E-state index contributed by atoms with van der Waals surface area (Å²) in [4.78, 5) is 26.9. The molecule has 9 nitrogen and oxygen atoms in total. The monoisotopic (exact) mass is 439 g/mol. The molecule has 3 aliphatic heterocycles. The van der Waals surface area contributed by atoms with Gasteiger partial charge in [-0.3, -0.25) is 15.0 Å². The highest BCUT2D eigenvalue weighted by Gasteiger charge is 2.29. The normalized spacial score (nSPS) is 19.3. The first-order valence-corrected chi connectivity index (χ1v) is 10.8. The quantitative estimate of drug-likeness (QED) is 0.756. The lowest BCUT2D eigenvalue weighted by atomic mass is 10.0. The Morgan fingerprint density at radius 2 is 1.66 bits per heavy atom. The van der Waals surface area contributed by atoms with E-state index < -0.39 is 6.03 Å². The van der Waals surface area contributed by atoms with E-state index in [0.29, 0.717) is 30.4 Å². The molecule has 1 atom stereocenters. The van der Waals surface area contributed by atoms with Gasteiger partial charge in [-0.2, -0.15) is 0 Å². The second-order valence-electron chi connectivity index (χ2n) is 7.96. The number of fused-ring (bicyclic) bond motifs is 2. The molecular weight excluding hydrogens is 414 g/mol. The van der Waals surface area contributed by atoms with Gasteiger partial charge < -0.3 is 24.3 Å². The lowest BCUT2D eigenvalue weighted by Crippen LogP contribution is -2.41. The Hall–Kier alpha value is -3.46. The maximum absolute atomic E-state index is 12.5. The van der Waals surface area contributed by atoms with Gasteiger partial charge in [0.25, 0.3) is 0 Å². The number of amides is 3. The van der Waals surface area contributed by atoms with Gasteiger partial charge in [-0.1, -0.05) is 6.07 Å². The van der Waals surface area contributed by atoms with Crippen LogP contribution < -0.4 is 29.6 Å².